The molecule has 0 saturated heterocycles. The first kappa shape index (κ1) is 12.5. The molecule has 1 rings (SSSR count). The number of rotatable bonds is 2. The number of benzene rings is 1. The Bertz CT molecular complexity index is 472. The Kier molecular flexibility index (Phi) is 4.27. The van der Waals surface area contributed by atoms with Crippen LogP contribution < -0.4 is 5.73 Å². The molecule has 1 aromatic carbocycles. The highest BCUT2D eigenvalue weighted by Gasteiger charge is 2.11. The van der Waals surface area contributed by atoms with Crippen molar-refractivity contribution in [2.75, 3.05) is 11.5 Å². The lowest BCUT2D eigenvalue weighted by Gasteiger charge is -2.05. The van der Waals surface area contributed by atoms with E-state index >= 15 is 0 Å². The van der Waals surface area contributed by atoms with Gasteiger partial charge in [-0.3, -0.25) is 0 Å². The molecule has 1 aromatic rings. The van der Waals surface area contributed by atoms with Crippen molar-refractivity contribution >= 4 is 24.3 Å². The number of aryl methyl sites for hydroxylation is 1. The molecule has 3 nitrogen and oxygen atoms in total. The quantitative estimate of drug-likeness (QED) is 0.417. The van der Waals surface area contributed by atoms with Gasteiger partial charge in [-0.1, -0.05) is 11.8 Å². The third kappa shape index (κ3) is 2.94. The minimum Gasteiger partial charge on any atom is -0.478 e. The van der Waals surface area contributed by atoms with E-state index < -0.39 is 5.97 Å². The largest absolute Gasteiger partial charge is 0.478 e. The number of nitrogen functional groups attached to an aromatic ring is 1. The summed E-state index contributed by atoms with van der Waals surface area (Å²) in [6.07, 6.45) is 0.652. The van der Waals surface area contributed by atoms with Crippen molar-refractivity contribution in [2.24, 2.45) is 0 Å². The fraction of sp³-hybridized carbons (Fsp3) is 0.250. The van der Waals surface area contributed by atoms with E-state index in [1.54, 1.807) is 12.1 Å². The number of nitrogens with two attached hydrogens (primary N) is 1. The van der Waals surface area contributed by atoms with E-state index in [1.165, 1.54) is 0 Å². The molecule has 0 bridgehead atoms. The number of anilines is 1. The maximum atomic E-state index is 10.9. The van der Waals surface area contributed by atoms with Crippen LogP contribution in [0.25, 0.3) is 0 Å². The van der Waals surface area contributed by atoms with Gasteiger partial charge in [0.15, 0.2) is 0 Å². The number of carboxylic acid groups (broad SMARTS) is 1. The smallest absolute Gasteiger partial charge is 0.337 e. The highest BCUT2D eigenvalue weighted by molar-refractivity contribution is 7.80. The van der Waals surface area contributed by atoms with Crippen LogP contribution in [-0.2, 0) is 0 Å². The lowest BCUT2D eigenvalue weighted by molar-refractivity contribution is 0.0698. The van der Waals surface area contributed by atoms with Crippen molar-refractivity contribution in [1.82, 2.24) is 0 Å². The van der Waals surface area contributed by atoms with Crippen LogP contribution in [0.15, 0.2) is 12.1 Å². The van der Waals surface area contributed by atoms with Crippen LogP contribution >= 0.6 is 12.6 Å². The van der Waals surface area contributed by atoms with Crippen LogP contribution in [0.5, 0.6) is 0 Å². The molecule has 3 N–H and O–H groups in total. The Morgan fingerprint density at radius 2 is 2.25 bits per heavy atom. The van der Waals surface area contributed by atoms with Crippen LogP contribution in [0.3, 0.4) is 0 Å². The summed E-state index contributed by atoms with van der Waals surface area (Å²) in [7, 11) is 0. The lowest BCUT2D eigenvalue weighted by atomic mass is 10.0. The van der Waals surface area contributed by atoms with Gasteiger partial charge < -0.3 is 10.8 Å². The molecule has 0 radical (unpaired) electrons. The van der Waals surface area contributed by atoms with Crippen molar-refractivity contribution in [3.63, 3.8) is 0 Å². The Balaban J connectivity index is 3.21. The molecule has 0 aliphatic rings. The average molecular weight is 235 g/mol. The number of thiol groups is 1. The molecule has 16 heavy (non-hydrogen) atoms. The standard InChI is InChI=1S/C12H13NO2S/c1-8-6-9(4-2-3-5-16)11(13)10(7-8)12(14)15/h6-7,16H,3,5,13H2,1H3,(H,14,15). The van der Waals surface area contributed by atoms with E-state index in [0.29, 0.717) is 17.7 Å². The van der Waals surface area contributed by atoms with E-state index in [0.717, 1.165) is 5.56 Å². The number of hydrogen-bond donors (Lipinski definition) is 3. The first-order valence-electron chi connectivity index (χ1n) is 4.79. The highest BCUT2D eigenvalue weighted by Crippen LogP contribution is 2.19. The van der Waals surface area contributed by atoms with E-state index in [2.05, 4.69) is 24.5 Å². The summed E-state index contributed by atoms with van der Waals surface area (Å²) in [6, 6.07) is 3.33. The zero-order valence-electron chi connectivity index (χ0n) is 8.95. The van der Waals surface area contributed by atoms with Crippen molar-refractivity contribution in [1.29, 1.82) is 0 Å². The van der Waals surface area contributed by atoms with Gasteiger partial charge in [-0.15, -0.1) is 0 Å². The van der Waals surface area contributed by atoms with Crippen LogP contribution in [0.4, 0.5) is 5.69 Å². The van der Waals surface area contributed by atoms with Crippen LogP contribution in [0.2, 0.25) is 0 Å². The second-order valence-corrected chi connectivity index (χ2v) is 3.80. The number of hydrogen-bond acceptors (Lipinski definition) is 3. The zero-order valence-corrected chi connectivity index (χ0v) is 9.84. The average Bonchev–Trinajstić information content (AvgIpc) is 2.22. The van der Waals surface area contributed by atoms with Crippen molar-refractivity contribution in [3.8, 4) is 11.8 Å². The number of aromatic carboxylic acids is 1. The molecule has 0 saturated carbocycles. The first-order valence-corrected chi connectivity index (χ1v) is 5.42. The molecule has 84 valence electrons. The van der Waals surface area contributed by atoms with Gasteiger partial charge in [0, 0.05) is 17.7 Å². The number of carboxylic acids is 1. The van der Waals surface area contributed by atoms with E-state index in [4.69, 9.17) is 10.8 Å². The monoisotopic (exact) mass is 235 g/mol. The van der Waals surface area contributed by atoms with Gasteiger partial charge in [-0.25, -0.2) is 4.79 Å². The molecular weight excluding hydrogens is 222 g/mol. The Labute approximate surface area is 100 Å². The zero-order chi connectivity index (χ0) is 12.1. The summed E-state index contributed by atoms with van der Waals surface area (Å²) < 4.78 is 0. The van der Waals surface area contributed by atoms with Crippen LogP contribution in [-0.4, -0.2) is 16.8 Å². The van der Waals surface area contributed by atoms with E-state index in [-0.39, 0.29) is 11.3 Å². The minimum absolute atomic E-state index is 0.107. The second-order valence-electron chi connectivity index (χ2n) is 3.35. The lowest BCUT2D eigenvalue weighted by Crippen LogP contribution is -2.05. The maximum Gasteiger partial charge on any atom is 0.337 e. The topological polar surface area (TPSA) is 63.3 Å². The van der Waals surface area contributed by atoms with Crippen molar-refractivity contribution < 1.29 is 9.90 Å². The fourth-order valence-electron chi connectivity index (χ4n) is 1.29. The summed E-state index contributed by atoms with van der Waals surface area (Å²) >= 11 is 4.04. The second kappa shape index (κ2) is 5.47. The molecule has 0 aliphatic heterocycles. The van der Waals surface area contributed by atoms with Gasteiger partial charge in [-0.2, -0.15) is 12.6 Å². The van der Waals surface area contributed by atoms with Gasteiger partial charge in [-0.05, 0) is 24.6 Å². The first-order chi connectivity index (χ1) is 7.56. The van der Waals surface area contributed by atoms with E-state index in [9.17, 15) is 4.79 Å². The van der Waals surface area contributed by atoms with Gasteiger partial charge in [0.05, 0.1) is 11.3 Å². The highest BCUT2D eigenvalue weighted by atomic mass is 32.1. The molecule has 0 amide bonds. The van der Waals surface area contributed by atoms with Crippen molar-refractivity contribution in [3.05, 3.63) is 28.8 Å². The molecule has 0 aliphatic carbocycles. The summed E-state index contributed by atoms with van der Waals surface area (Å²) in [4.78, 5) is 10.9. The minimum atomic E-state index is -1.03. The molecule has 0 aromatic heterocycles. The molecule has 0 spiro atoms. The van der Waals surface area contributed by atoms with Crippen LogP contribution in [0.1, 0.15) is 27.9 Å². The van der Waals surface area contributed by atoms with Gasteiger partial charge in [0.2, 0.25) is 0 Å². The Morgan fingerprint density at radius 3 is 2.81 bits per heavy atom. The SMILES string of the molecule is Cc1cc(C#CCCS)c(N)c(C(=O)O)c1. The molecular formula is C12H13NO2S. The summed E-state index contributed by atoms with van der Waals surface area (Å²) in [5, 5.41) is 8.95. The Morgan fingerprint density at radius 1 is 1.56 bits per heavy atom. The normalized spacial score (nSPS) is 9.38. The predicted molar refractivity (Wildman–Crippen MR) is 67.9 cm³/mol. The van der Waals surface area contributed by atoms with Gasteiger partial charge >= 0.3 is 5.97 Å². The van der Waals surface area contributed by atoms with Crippen LogP contribution in [0, 0.1) is 18.8 Å². The molecule has 0 fully saturated rings. The fourth-order valence-corrected chi connectivity index (χ4v) is 1.40. The molecule has 4 heteroatoms. The molecule has 0 atom stereocenters. The van der Waals surface area contributed by atoms with E-state index in [1.807, 2.05) is 6.92 Å². The predicted octanol–water partition coefficient (Wildman–Crippen LogP) is 1.95. The third-order valence-corrected chi connectivity index (χ3v) is 2.24. The Hall–Kier alpha value is -1.60. The molecule has 0 unspecified atom stereocenters. The van der Waals surface area contributed by atoms with Crippen molar-refractivity contribution in [2.45, 2.75) is 13.3 Å². The summed E-state index contributed by atoms with van der Waals surface area (Å²) in [5.74, 6) is 5.39. The van der Waals surface area contributed by atoms with Gasteiger partial charge in [0.25, 0.3) is 0 Å². The third-order valence-electron chi connectivity index (χ3n) is 2.01. The maximum absolute atomic E-state index is 10.9. The summed E-state index contributed by atoms with van der Waals surface area (Å²) in [6.45, 7) is 1.82. The molecule has 0 heterocycles. The number of carbonyl (C=O) groups is 1. The summed E-state index contributed by atoms with van der Waals surface area (Å²) in [5.41, 5.74) is 7.47. The van der Waals surface area contributed by atoms with Gasteiger partial charge in [0.1, 0.15) is 0 Å².